The summed E-state index contributed by atoms with van der Waals surface area (Å²) in [6, 6.07) is 56.0. The summed E-state index contributed by atoms with van der Waals surface area (Å²) in [5.74, 6) is 1.43. The van der Waals surface area contributed by atoms with Crippen molar-refractivity contribution in [1.29, 1.82) is 0 Å². The molecule has 1 heteroatoms. The maximum Gasteiger partial charge on any atom is 0.0423 e. The topological polar surface area (TPSA) is 3.24 Å². The van der Waals surface area contributed by atoms with Crippen molar-refractivity contribution < 1.29 is 0 Å². The third kappa shape index (κ3) is 7.75. The number of nitrogens with zero attached hydrogens (tertiary/aromatic N) is 1. The molecule has 56 heavy (non-hydrogen) atoms. The van der Waals surface area contributed by atoms with E-state index in [4.69, 9.17) is 0 Å². The van der Waals surface area contributed by atoms with E-state index in [0.717, 1.165) is 0 Å². The fraction of sp³-hybridized carbons (Fsp3) is 0.345. The van der Waals surface area contributed by atoms with E-state index in [2.05, 4.69) is 157 Å². The SMILES string of the molecule is CC1(N(c2ccc(-c3ccc(C4CCCCC4)cc3)c(-c3ccccc3)c2)c2ccc(-c3ccc(C4CCCCC4)cc3)c(-c3ccccc3)c2)CCCCC1. The molecule has 0 heterocycles. The quantitative estimate of drug-likeness (QED) is 0.143. The van der Waals surface area contributed by atoms with Gasteiger partial charge in [0.05, 0.1) is 0 Å². The van der Waals surface area contributed by atoms with E-state index in [0.29, 0.717) is 11.8 Å². The molecule has 3 aliphatic carbocycles. The zero-order valence-electron chi connectivity index (χ0n) is 33.6. The Balaban J connectivity index is 1.15. The van der Waals surface area contributed by atoms with Crippen LogP contribution in [-0.4, -0.2) is 5.54 Å². The van der Waals surface area contributed by atoms with Gasteiger partial charge in [0.15, 0.2) is 0 Å². The molecule has 9 rings (SSSR count). The van der Waals surface area contributed by atoms with Crippen LogP contribution in [0.25, 0.3) is 44.5 Å². The molecule has 6 aromatic carbocycles. The van der Waals surface area contributed by atoms with Gasteiger partial charge < -0.3 is 4.90 Å². The van der Waals surface area contributed by atoms with Gasteiger partial charge in [0.1, 0.15) is 0 Å². The first-order valence-corrected chi connectivity index (χ1v) is 22.0. The standard InChI is InChI=1S/C55H59N/c1-55(37-15-6-16-38-55)56(49-33-35-51(53(39-49)45-21-11-4-12-22-45)47-29-25-43(26-30-47)41-17-7-2-8-18-41)50-34-36-52(54(40-50)46-23-13-5-14-24-46)48-31-27-44(28-32-48)42-19-9-3-10-20-42/h4-5,11-14,21-36,39-42H,2-3,6-10,15-20,37-38H2,1H3. The van der Waals surface area contributed by atoms with Gasteiger partial charge in [-0.15, -0.1) is 0 Å². The molecule has 3 fully saturated rings. The third-order valence-electron chi connectivity index (χ3n) is 13.8. The van der Waals surface area contributed by atoms with Gasteiger partial charge in [-0.1, -0.05) is 179 Å². The minimum atomic E-state index is 0.00644. The third-order valence-corrected chi connectivity index (χ3v) is 13.8. The molecule has 0 bridgehead atoms. The van der Waals surface area contributed by atoms with Crippen molar-refractivity contribution in [1.82, 2.24) is 0 Å². The summed E-state index contributed by atoms with van der Waals surface area (Å²) in [6.07, 6.45) is 19.8. The van der Waals surface area contributed by atoms with Crippen molar-refractivity contribution in [2.45, 2.75) is 121 Å². The van der Waals surface area contributed by atoms with Gasteiger partial charge in [-0.2, -0.15) is 0 Å². The zero-order chi connectivity index (χ0) is 37.7. The minimum absolute atomic E-state index is 0.00644. The molecule has 0 amide bonds. The maximum atomic E-state index is 2.72. The van der Waals surface area contributed by atoms with Crippen LogP contribution in [0.3, 0.4) is 0 Å². The van der Waals surface area contributed by atoms with Crippen LogP contribution in [0.4, 0.5) is 11.4 Å². The van der Waals surface area contributed by atoms with E-state index in [1.54, 1.807) is 0 Å². The van der Waals surface area contributed by atoms with Crippen LogP contribution in [0.5, 0.6) is 0 Å². The number of hydrogen-bond donors (Lipinski definition) is 0. The van der Waals surface area contributed by atoms with Gasteiger partial charge in [-0.3, -0.25) is 0 Å². The van der Waals surface area contributed by atoms with Crippen LogP contribution < -0.4 is 4.90 Å². The Hall–Kier alpha value is -4.88. The molecule has 284 valence electrons. The van der Waals surface area contributed by atoms with Crippen molar-refractivity contribution in [3.63, 3.8) is 0 Å². The Bertz CT molecular complexity index is 2030. The predicted molar refractivity (Wildman–Crippen MR) is 240 cm³/mol. The number of benzene rings is 6. The van der Waals surface area contributed by atoms with Crippen molar-refractivity contribution in [3.05, 3.63) is 157 Å². The van der Waals surface area contributed by atoms with Gasteiger partial charge in [-0.25, -0.2) is 0 Å². The summed E-state index contributed by atoms with van der Waals surface area (Å²) in [5, 5.41) is 0. The normalized spacial score (nSPS) is 17.7. The van der Waals surface area contributed by atoms with Crippen molar-refractivity contribution >= 4 is 11.4 Å². The Morgan fingerprint density at radius 1 is 0.375 bits per heavy atom. The van der Waals surface area contributed by atoms with Crippen LogP contribution in [-0.2, 0) is 0 Å². The molecule has 0 N–H and O–H groups in total. The zero-order valence-corrected chi connectivity index (χ0v) is 33.6. The molecule has 3 saturated carbocycles. The highest BCUT2D eigenvalue weighted by molar-refractivity contribution is 5.90. The summed E-state index contributed by atoms with van der Waals surface area (Å²) in [6.45, 7) is 2.52. The van der Waals surface area contributed by atoms with Gasteiger partial charge in [0.25, 0.3) is 0 Å². The molecule has 0 atom stereocenters. The predicted octanol–water partition coefficient (Wildman–Crippen LogP) is 16.3. The van der Waals surface area contributed by atoms with E-state index in [1.807, 2.05) is 0 Å². The lowest BCUT2D eigenvalue weighted by atomic mass is 9.80. The Morgan fingerprint density at radius 2 is 0.750 bits per heavy atom. The summed E-state index contributed by atoms with van der Waals surface area (Å²) >= 11 is 0. The van der Waals surface area contributed by atoms with Crippen LogP contribution in [0.2, 0.25) is 0 Å². The van der Waals surface area contributed by atoms with Gasteiger partial charge in [0.2, 0.25) is 0 Å². The molecule has 0 saturated heterocycles. The van der Waals surface area contributed by atoms with E-state index in [-0.39, 0.29) is 5.54 Å². The second kappa shape index (κ2) is 16.7. The number of hydrogen-bond acceptors (Lipinski definition) is 1. The molecular formula is C55H59N. The monoisotopic (exact) mass is 733 g/mol. The van der Waals surface area contributed by atoms with Crippen molar-refractivity contribution in [2.75, 3.05) is 4.90 Å². The summed E-state index contributed by atoms with van der Waals surface area (Å²) in [4.78, 5) is 2.72. The average molecular weight is 734 g/mol. The average Bonchev–Trinajstić information content (AvgIpc) is 3.28. The van der Waals surface area contributed by atoms with E-state index < -0.39 is 0 Å². The van der Waals surface area contributed by atoms with Crippen LogP contribution >= 0.6 is 0 Å². The highest BCUT2D eigenvalue weighted by Crippen LogP contribution is 2.47. The lowest BCUT2D eigenvalue weighted by Gasteiger charge is -2.46. The van der Waals surface area contributed by atoms with E-state index >= 15 is 0 Å². The molecule has 6 aromatic rings. The first kappa shape index (κ1) is 36.7. The minimum Gasteiger partial charge on any atom is -0.336 e. The summed E-state index contributed by atoms with van der Waals surface area (Å²) in [7, 11) is 0. The Labute approximate surface area is 336 Å². The van der Waals surface area contributed by atoms with E-state index in [9.17, 15) is 0 Å². The Kier molecular flexibility index (Phi) is 11.0. The molecule has 3 aliphatic rings. The fourth-order valence-electron chi connectivity index (χ4n) is 10.6. The second-order valence-electron chi connectivity index (χ2n) is 17.5. The molecule has 0 aliphatic heterocycles. The largest absolute Gasteiger partial charge is 0.336 e. The van der Waals surface area contributed by atoms with Gasteiger partial charge in [-0.05, 0) is 137 Å². The molecule has 0 aromatic heterocycles. The van der Waals surface area contributed by atoms with Crippen molar-refractivity contribution in [3.8, 4) is 44.5 Å². The summed E-state index contributed by atoms with van der Waals surface area (Å²) in [5.41, 5.74) is 15.9. The van der Waals surface area contributed by atoms with Gasteiger partial charge in [0, 0.05) is 16.9 Å². The molecule has 0 spiro atoms. The number of anilines is 2. The van der Waals surface area contributed by atoms with Gasteiger partial charge >= 0.3 is 0 Å². The van der Waals surface area contributed by atoms with Crippen LogP contribution in [0.15, 0.2) is 146 Å². The summed E-state index contributed by atoms with van der Waals surface area (Å²) < 4.78 is 0. The van der Waals surface area contributed by atoms with Crippen LogP contribution in [0, 0.1) is 0 Å². The van der Waals surface area contributed by atoms with Crippen molar-refractivity contribution in [2.24, 2.45) is 0 Å². The van der Waals surface area contributed by atoms with Crippen LogP contribution in [0.1, 0.15) is 126 Å². The molecule has 1 nitrogen and oxygen atoms in total. The fourth-order valence-corrected chi connectivity index (χ4v) is 10.6. The lowest BCUT2D eigenvalue weighted by molar-refractivity contribution is 0.318. The lowest BCUT2D eigenvalue weighted by Crippen LogP contribution is -2.45. The smallest absolute Gasteiger partial charge is 0.0423 e. The highest BCUT2D eigenvalue weighted by atomic mass is 15.2. The second-order valence-corrected chi connectivity index (χ2v) is 17.5. The molecule has 0 unspecified atom stereocenters. The first-order chi connectivity index (χ1) is 27.6. The number of rotatable bonds is 9. The molecular weight excluding hydrogens is 675 g/mol. The molecule has 0 radical (unpaired) electrons. The Morgan fingerprint density at radius 3 is 1.16 bits per heavy atom. The van der Waals surface area contributed by atoms with E-state index in [1.165, 1.54) is 163 Å². The highest BCUT2D eigenvalue weighted by Gasteiger charge is 2.35. The first-order valence-electron chi connectivity index (χ1n) is 22.0. The maximum absolute atomic E-state index is 2.72.